The molecule has 1 saturated heterocycles. The maximum absolute atomic E-state index is 13.9. The number of benzene rings is 1. The lowest BCUT2D eigenvalue weighted by Crippen LogP contribution is -2.47. The minimum absolute atomic E-state index is 0.0356. The monoisotopic (exact) mass is 429 g/mol. The van der Waals surface area contributed by atoms with Gasteiger partial charge in [-0.25, -0.2) is 4.39 Å². The Morgan fingerprint density at radius 3 is 2.23 bits per heavy atom. The van der Waals surface area contributed by atoms with Gasteiger partial charge in [-0.15, -0.1) is 0 Å². The molecule has 31 heavy (non-hydrogen) atoms. The summed E-state index contributed by atoms with van der Waals surface area (Å²) in [4.78, 5) is 4.56. The van der Waals surface area contributed by atoms with Crippen molar-refractivity contribution in [2.45, 2.75) is 45.8 Å². The van der Waals surface area contributed by atoms with Gasteiger partial charge in [0, 0.05) is 49.9 Å². The van der Waals surface area contributed by atoms with E-state index in [0.717, 1.165) is 61.7 Å². The topological polar surface area (TPSA) is 61.1 Å². The summed E-state index contributed by atoms with van der Waals surface area (Å²) in [6.45, 7) is 8.77. The molecule has 2 heterocycles. The van der Waals surface area contributed by atoms with Crippen molar-refractivity contribution in [3.63, 3.8) is 0 Å². The fraction of sp³-hybridized carbons (Fsp3) is 0.500. The molecule has 2 aromatic rings. The standard InChI is InChI=1S/C24H32FN3O3/c1-17(2)31-22-9-8-18(25)16-21(22)27-14-12-26(13-15-27)10-5-11-28-23(29)19-6-3-4-7-20(19)24(28)30/h3-4,8-9,16-17,29-30H,5-7,10-15H2,1-2H3. The minimum atomic E-state index is -0.252. The van der Waals surface area contributed by atoms with Crippen molar-refractivity contribution in [1.82, 2.24) is 9.47 Å². The normalized spacial score (nSPS) is 16.7. The van der Waals surface area contributed by atoms with Crippen molar-refractivity contribution >= 4 is 5.69 Å². The van der Waals surface area contributed by atoms with E-state index in [-0.39, 0.29) is 23.7 Å². The van der Waals surface area contributed by atoms with Crippen LogP contribution >= 0.6 is 0 Å². The van der Waals surface area contributed by atoms with Gasteiger partial charge in [0.15, 0.2) is 11.8 Å². The lowest BCUT2D eigenvalue weighted by atomic mass is 10.0. The van der Waals surface area contributed by atoms with Gasteiger partial charge in [-0.05, 0) is 51.8 Å². The largest absolute Gasteiger partial charge is 0.494 e. The summed E-state index contributed by atoms with van der Waals surface area (Å²) >= 11 is 0. The number of halogens is 1. The second kappa shape index (κ2) is 9.22. The third-order valence-electron chi connectivity index (χ3n) is 6.08. The molecule has 0 saturated carbocycles. The Morgan fingerprint density at radius 1 is 0.968 bits per heavy atom. The molecule has 168 valence electrons. The molecule has 0 bridgehead atoms. The highest BCUT2D eigenvalue weighted by atomic mass is 19.1. The van der Waals surface area contributed by atoms with Gasteiger partial charge in [-0.3, -0.25) is 9.47 Å². The van der Waals surface area contributed by atoms with Crippen molar-refractivity contribution in [2.75, 3.05) is 37.6 Å². The van der Waals surface area contributed by atoms with Crippen molar-refractivity contribution in [3.05, 3.63) is 47.3 Å². The molecular weight excluding hydrogens is 397 g/mol. The summed E-state index contributed by atoms with van der Waals surface area (Å²) < 4.78 is 21.4. The number of hydrogen-bond donors (Lipinski definition) is 2. The first kappa shape index (κ1) is 21.6. The molecule has 0 atom stereocenters. The summed E-state index contributed by atoms with van der Waals surface area (Å²) in [5.74, 6) is 0.871. The van der Waals surface area contributed by atoms with Crippen LogP contribution in [0.15, 0.2) is 30.4 Å². The Balaban J connectivity index is 1.31. The van der Waals surface area contributed by atoms with Crippen molar-refractivity contribution in [2.24, 2.45) is 0 Å². The van der Waals surface area contributed by atoms with E-state index in [1.807, 2.05) is 26.0 Å². The number of ether oxygens (including phenoxy) is 1. The van der Waals surface area contributed by atoms with Gasteiger partial charge >= 0.3 is 0 Å². The van der Waals surface area contributed by atoms with Gasteiger partial charge in [0.25, 0.3) is 0 Å². The van der Waals surface area contributed by atoms with Gasteiger partial charge < -0.3 is 19.8 Å². The molecular formula is C24H32FN3O3. The fourth-order valence-corrected chi connectivity index (χ4v) is 4.50. The van der Waals surface area contributed by atoms with E-state index in [2.05, 4.69) is 9.80 Å². The number of fused-ring (bicyclic) bond motifs is 1. The van der Waals surface area contributed by atoms with Crippen LogP contribution < -0.4 is 9.64 Å². The molecule has 1 aliphatic carbocycles. The summed E-state index contributed by atoms with van der Waals surface area (Å²) in [5.41, 5.74) is 2.51. The van der Waals surface area contributed by atoms with Crippen LogP contribution in [0.2, 0.25) is 0 Å². The highest BCUT2D eigenvalue weighted by Gasteiger charge is 2.23. The quantitative estimate of drug-likeness (QED) is 0.658. The molecule has 1 aliphatic heterocycles. The molecule has 0 spiro atoms. The minimum Gasteiger partial charge on any atom is -0.494 e. The van der Waals surface area contributed by atoms with E-state index in [1.165, 1.54) is 6.07 Å². The third-order valence-corrected chi connectivity index (χ3v) is 6.08. The van der Waals surface area contributed by atoms with Crippen LogP contribution in [0.4, 0.5) is 10.1 Å². The predicted octanol–water partition coefficient (Wildman–Crippen LogP) is 3.69. The summed E-state index contributed by atoms with van der Waals surface area (Å²) in [6.07, 6.45) is 6.28. The first-order valence-electron chi connectivity index (χ1n) is 11.1. The number of nitrogens with zero attached hydrogens (tertiary/aromatic N) is 3. The van der Waals surface area contributed by atoms with Gasteiger partial charge in [0.1, 0.15) is 11.6 Å². The molecule has 4 rings (SSSR count). The van der Waals surface area contributed by atoms with Crippen LogP contribution in [0.25, 0.3) is 0 Å². The number of rotatable bonds is 7. The fourth-order valence-electron chi connectivity index (χ4n) is 4.50. The lowest BCUT2D eigenvalue weighted by Gasteiger charge is -2.37. The Bertz CT molecular complexity index is 915. The number of aromatic nitrogens is 1. The molecule has 2 N–H and O–H groups in total. The van der Waals surface area contributed by atoms with E-state index in [9.17, 15) is 14.6 Å². The number of anilines is 1. The highest BCUT2D eigenvalue weighted by molar-refractivity contribution is 5.59. The van der Waals surface area contributed by atoms with Crippen molar-refractivity contribution in [1.29, 1.82) is 0 Å². The number of hydrogen-bond acceptors (Lipinski definition) is 5. The van der Waals surface area contributed by atoms with Gasteiger partial charge in [0.05, 0.1) is 11.8 Å². The second-order valence-electron chi connectivity index (χ2n) is 8.60. The lowest BCUT2D eigenvalue weighted by molar-refractivity contribution is 0.234. The first-order chi connectivity index (χ1) is 14.9. The van der Waals surface area contributed by atoms with E-state index in [0.29, 0.717) is 19.4 Å². The van der Waals surface area contributed by atoms with Crippen LogP contribution in [0, 0.1) is 5.82 Å². The number of aromatic hydroxyl groups is 2. The SMILES string of the molecule is CC(C)Oc1ccc(F)cc1N1CCN(CCCn2c(O)c3c(c2O)CC=CC3)CC1. The molecule has 6 nitrogen and oxygen atoms in total. The Kier molecular flexibility index (Phi) is 6.41. The van der Waals surface area contributed by atoms with Crippen molar-refractivity contribution in [3.8, 4) is 17.5 Å². The second-order valence-corrected chi connectivity index (χ2v) is 8.60. The van der Waals surface area contributed by atoms with Crippen LogP contribution in [0.1, 0.15) is 31.4 Å². The van der Waals surface area contributed by atoms with E-state index >= 15 is 0 Å². The summed E-state index contributed by atoms with van der Waals surface area (Å²) in [5, 5.41) is 20.9. The van der Waals surface area contributed by atoms with Crippen molar-refractivity contribution < 1.29 is 19.3 Å². The van der Waals surface area contributed by atoms with E-state index < -0.39 is 0 Å². The van der Waals surface area contributed by atoms with Crippen LogP contribution in [-0.4, -0.2) is 58.5 Å². The molecule has 1 aromatic carbocycles. The van der Waals surface area contributed by atoms with Crippen LogP contribution in [-0.2, 0) is 19.4 Å². The highest BCUT2D eigenvalue weighted by Crippen LogP contribution is 2.37. The van der Waals surface area contributed by atoms with Crippen LogP contribution in [0.5, 0.6) is 17.5 Å². The molecule has 1 fully saturated rings. The maximum Gasteiger partial charge on any atom is 0.197 e. The summed E-state index contributed by atoms with van der Waals surface area (Å²) in [7, 11) is 0. The summed E-state index contributed by atoms with van der Waals surface area (Å²) in [6, 6.07) is 4.71. The Labute approximate surface area is 183 Å². The zero-order chi connectivity index (χ0) is 22.0. The maximum atomic E-state index is 13.9. The zero-order valence-corrected chi connectivity index (χ0v) is 18.4. The molecule has 0 amide bonds. The average Bonchev–Trinajstić information content (AvgIpc) is 3.00. The molecule has 2 aliphatic rings. The number of allylic oxidation sites excluding steroid dienone is 2. The predicted molar refractivity (Wildman–Crippen MR) is 120 cm³/mol. The molecule has 7 heteroatoms. The van der Waals surface area contributed by atoms with Gasteiger partial charge in [-0.2, -0.15) is 0 Å². The molecule has 1 aromatic heterocycles. The van der Waals surface area contributed by atoms with Gasteiger partial charge in [-0.1, -0.05) is 12.2 Å². The zero-order valence-electron chi connectivity index (χ0n) is 18.4. The Hall–Kier alpha value is -2.67. The van der Waals surface area contributed by atoms with E-state index in [4.69, 9.17) is 4.74 Å². The molecule has 0 unspecified atom stereocenters. The third kappa shape index (κ3) is 4.66. The first-order valence-corrected chi connectivity index (χ1v) is 11.1. The van der Waals surface area contributed by atoms with Gasteiger partial charge in [0.2, 0.25) is 0 Å². The Morgan fingerprint density at radius 2 is 1.61 bits per heavy atom. The smallest absolute Gasteiger partial charge is 0.197 e. The number of piperazine rings is 1. The van der Waals surface area contributed by atoms with Crippen LogP contribution in [0.3, 0.4) is 0 Å². The van der Waals surface area contributed by atoms with E-state index in [1.54, 1.807) is 16.7 Å². The molecule has 0 radical (unpaired) electrons. The average molecular weight is 430 g/mol.